The number of unbranched alkanes of at least 4 members (excludes halogenated alkanes) is 2. The summed E-state index contributed by atoms with van der Waals surface area (Å²) in [4.78, 5) is 0. The third-order valence-electron chi connectivity index (χ3n) is 2.81. The van der Waals surface area contributed by atoms with Gasteiger partial charge in [-0.05, 0) is 24.0 Å². The van der Waals surface area contributed by atoms with Gasteiger partial charge in [-0.25, -0.2) is 0 Å². The van der Waals surface area contributed by atoms with E-state index in [2.05, 4.69) is 38.1 Å². The second kappa shape index (κ2) is 6.90. The van der Waals surface area contributed by atoms with Crippen LogP contribution in [-0.4, -0.2) is 0 Å². The van der Waals surface area contributed by atoms with E-state index in [4.69, 9.17) is 11.6 Å². The van der Waals surface area contributed by atoms with E-state index >= 15 is 0 Å². The zero-order valence-corrected chi connectivity index (χ0v) is 10.6. The summed E-state index contributed by atoms with van der Waals surface area (Å²) in [5.41, 5.74) is 2.65. The summed E-state index contributed by atoms with van der Waals surface area (Å²) in [6, 6.07) is 8.71. The molecule has 0 heterocycles. The smallest absolute Gasteiger partial charge is 0.0585 e. The van der Waals surface area contributed by atoms with Crippen molar-refractivity contribution in [3.05, 3.63) is 35.4 Å². The second-order valence-electron chi connectivity index (χ2n) is 4.06. The Bertz CT molecular complexity index is 263. The van der Waals surface area contributed by atoms with E-state index in [1.54, 1.807) is 0 Å². The van der Waals surface area contributed by atoms with Gasteiger partial charge in [-0.2, -0.15) is 0 Å². The molecule has 0 spiro atoms. The first-order valence-corrected chi connectivity index (χ1v) is 6.44. The summed E-state index contributed by atoms with van der Waals surface area (Å²) in [5.74, 6) is 0. The van der Waals surface area contributed by atoms with Crippen LogP contribution < -0.4 is 0 Å². The molecule has 1 rings (SSSR count). The molecule has 1 unspecified atom stereocenters. The number of rotatable bonds is 6. The van der Waals surface area contributed by atoms with E-state index in [-0.39, 0.29) is 5.38 Å². The number of halogens is 1. The van der Waals surface area contributed by atoms with Crippen molar-refractivity contribution in [2.75, 3.05) is 0 Å². The molecule has 0 amide bonds. The maximum absolute atomic E-state index is 6.34. The predicted molar refractivity (Wildman–Crippen MR) is 68.6 cm³/mol. The minimum atomic E-state index is 0.197. The van der Waals surface area contributed by atoms with E-state index in [9.17, 15) is 0 Å². The standard InChI is InChI=1S/C14H21Cl/c1-3-5-6-7-14(15)13-10-8-12(4-2)9-11-13/h8-11,14H,3-7H2,1-2H3. The van der Waals surface area contributed by atoms with Crippen molar-refractivity contribution in [2.24, 2.45) is 0 Å². The van der Waals surface area contributed by atoms with E-state index in [1.807, 2.05) is 0 Å². The minimum absolute atomic E-state index is 0.197. The van der Waals surface area contributed by atoms with Gasteiger partial charge in [0.1, 0.15) is 0 Å². The largest absolute Gasteiger partial charge is 0.118 e. The highest BCUT2D eigenvalue weighted by Gasteiger charge is 2.06. The first-order valence-electron chi connectivity index (χ1n) is 6.00. The fourth-order valence-corrected chi connectivity index (χ4v) is 2.00. The van der Waals surface area contributed by atoms with Crippen LogP contribution in [0.15, 0.2) is 24.3 Å². The summed E-state index contributed by atoms with van der Waals surface area (Å²) >= 11 is 6.34. The van der Waals surface area contributed by atoms with E-state index < -0.39 is 0 Å². The number of alkyl halides is 1. The maximum atomic E-state index is 6.34. The van der Waals surface area contributed by atoms with Crippen molar-refractivity contribution in [2.45, 2.75) is 51.3 Å². The lowest BCUT2D eigenvalue weighted by molar-refractivity contribution is 0.655. The van der Waals surface area contributed by atoms with Gasteiger partial charge >= 0.3 is 0 Å². The third-order valence-corrected chi connectivity index (χ3v) is 3.28. The van der Waals surface area contributed by atoms with E-state index in [0.717, 1.165) is 12.8 Å². The van der Waals surface area contributed by atoms with Crippen molar-refractivity contribution < 1.29 is 0 Å². The highest BCUT2D eigenvalue weighted by molar-refractivity contribution is 6.20. The number of benzene rings is 1. The summed E-state index contributed by atoms with van der Waals surface area (Å²) in [7, 11) is 0. The zero-order valence-electron chi connectivity index (χ0n) is 9.80. The Morgan fingerprint density at radius 3 is 2.27 bits per heavy atom. The van der Waals surface area contributed by atoms with Crippen LogP contribution in [0.1, 0.15) is 56.0 Å². The van der Waals surface area contributed by atoms with Crippen LogP contribution in [0.5, 0.6) is 0 Å². The predicted octanol–water partition coefficient (Wildman–Crippen LogP) is 5.11. The van der Waals surface area contributed by atoms with Gasteiger partial charge < -0.3 is 0 Å². The van der Waals surface area contributed by atoms with Crippen molar-refractivity contribution in [3.63, 3.8) is 0 Å². The Morgan fingerprint density at radius 1 is 1.07 bits per heavy atom. The molecule has 0 aromatic heterocycles. The molecule has 1 atom stereocenters. The molecule has 0 aliphatic carbocycles. The summed E-state index contributed by atoms with van der Waals surface area (Å²) in [5, 5.41) is 0.197. The molecule has 0 N–H and O–H groups in total. The second-order valence-corrected chi connectivity index (χ2v) is 4.59. The molecule has 0 nitrogen and oxygen atoms in total. The van der Waals surface area contributed by atoms with Gasteiger partial charge in [0.25, 0.3) is 0 Å². The van der Waals surface area contributed by atoms with Crippen LogP contribution in [-0.2, 0) is 6.42 Å². The molecule has 0 radical (unpaired) electrons. The lowest BCUT2D eigenvalue weighted by Crippen LogP contribution is -1.91. The lowest BCUT2D eigenvalue weighted by atomic mass is 10.0. The normalized spacial score (nSPS) is 12.7. The van der Waals surface area contributed by atoms with Crippen molar-refractivity contribution >= 4 is 11.6 Å². The SMILES string of the molecule is CCCCCC(Cl)c1ccc(CC)cc1. The van der Waals surface area contributed by atoms with Gasteiger partial charge in [-0.15, -0.1) is 11.6 Å². The molecule has 1 aromatic carbocycles. The van der Waals surface area contributed by atoms with E-state index in [1.165, 1.54) is 30.4 Å². The van der Waals surface area contributed by atoms with Gasteiger partial charge in [-0.3, -0.25) is 0 Å². The monoisotopic (exact) mass is 224 g/mol. The summed E-state index contributed by atoms with van der Waals surface area (Å²) in [6.07, 6.45) is 5.98. The maximum Gasteiger partial charge on any atom is 0.0585 e. The molecule has 0 fully saturated rings. The van der Waals surface area contributed by atoms with Crippen LogP contribution in [0.2, 0.25) is 0 Å². The molecular formula is C14H21Cl. The number of hydrogen-bond acceptors (Lipinski definition) is 0. The number of hydrogen-bond donors (Lipinski definition) is 0. The van der Waals surface area contributed by atoms with Gasteiger partial charge in [0.15, 0.2) is 0 Å². The third kappa shape index (κ3) is 4.25. The fraction of sp³-hybridized carbons (Fsp3) is 0.571. The van der Waals surface area contributed by atoms with Gasteiger partial charge in [-0.1, -0.05) is 57.4 Å². The van der Waals surface area contributed by atoms with Gasteiger partial charge in [0.05, 0.1) is 5.38 Å². The van der Waals surface area contributed by atoms with Crippen LogP contribution in [0.4, 0.5) is 0 Å². The molecule has 0 aliphatic rings. The molecule has 0 saturated heterocycles. The molecular weight excluding hydrogens is 204 g/mol. The Kier molecular flexibility index (Phi) is 5.78. The van der Waals surface area contributed by atoms with E-state index in [0.29, 0.717) is 0 Å². The Balaban J connectivity index is 2.46. The summed E-state index contributed by atoms with van der Waals surface area (Å²) < 4.78 is 0. The zero-order chi connectivity index (χ0) is 11.1. The molecule has 0 saturated carbocycles. The van der Waals surface area contributed by atoms with Gasteiger partial charge in [0.2, 0.25) is 0 Å². The highest BCUT2D eigenvalue weighted by atomic mass is 35.5. The average Bonchev–Trinajstić information content (AvgIpc) is 2.29. The average molecular weight is 225 g/mol. The minimum Gasteiger partial charge on any atom is -0.118 e. The molecule has 0 bridgehead atoms. The first-order chi connectivity index (χ1) is 7.27. The number of aryl methyl sites for hydroxylation is 1. The van der Waals surface area contributed by atoms with Crippen LogP contribution in [0.3, 0.4) is 0 Å². The highest BCUT2D eigenvalue weighted by Crippen LogP contribution is 2.26. The summed E-state index contributed by atoms with van der Waals surface area (Å²) in [6.45, 7) is 4.40. The Hall–Kier alpha value is -0.490. The van der Waals surface area contributed by atoms with Crippen molar-refractivity contribution in [1.29, 1.82) is 0 Å². The fourth-order valence-electron chi connectivity index (χ4n) is 1.70. The van der Waals surface area contributed by atoms with Crippen molar-refractivity contribution in [3.8, 4) is 0 Å². The van der Waals surface area contributed by atoms with Crippen molar-refractivity contribution in [1.82, 2.24) is 0 Å². The molecule has 1 heteroatoms. The topological polar surface area (TPSA) is 0 Å². The van der Waals surface area contributed by atoms with Gasteiger partial charge in [0, 0.05) is 0 Å². The first kappa shape index (κ1) is 12.6. The molecule has 1 aromatic rings. The van der Waals surface area contributed by atoms with Crippen LogP contribution in [0, 0.1) is 0 Å². The van der Waals surface area contributed by atoms with Crippen LogP contribution in [0.25, 0.3) is 0 Å². The lowest BCUT2D eigenvalue weighted by Gasteiger charge is -2.09. The molecule has 0 aliphatic heterocycles. The Morgan fingerprint density at radius 2 is 1.73 bits per heavy atom. The Labute approximate surface area is 98.7 Å². The quantitative estimate of drug-likeness (QED) is 0.465. The molecule has 15 heavy (non-hydrogen) atoms. The molecule has 84 valence electrons. The van der Waals surface area contributed by atoms with Crippen LogP contribution >= 0.6 is 11.6 Å².